The summed E-state index contributed by atoms with van der Waals surface area (Å²) in [6.45, 7) is 3.97. The SMILES string of the molecule is Cc1cc(-n2ncc3cc(CC(=O)C[C@@H](C)c4ccccn4)ncc32)ccn1. The van der Waals surface area contributed by atoms with E-state index in [0.717, 1.165) is 33.7 Å². The van der Waals surface area contributed by atoms with Crippen LogP contribution in [-0.4, -0.2) is 30.5 Å². The van der Waals surface area contributed by atoms with Gasteiger partial charge in [0.05, 0.1) is 23.6 Å². The van der Waals surface area contributed by atoms with Gasteiger partial charge in [-0.25, -0.2) is 4.68 Å². The van der Waals surface area contributed by atoms with E-state index in [1.807, 2.05) is 54.9 Å². The van der Waals surface area contributed by atoms with Crippen LogP contribution in [0.2, 0.25) is 0 Å². The summed E-state index contributed by atoms with van der Waals surface area (Å²) < 4.78 is 1.84. The Morgan fingerprint density at radius 3 is 2.75 bits per heavy atom. The van der Waals surface area contributed by atoms with Gasteiger partial charge >= 0.3 is 0 Å². The lowest BCUT2D eigenvalue weighted by atomic mass is 9.98. The van der Waals surface area contributed by atoms with Crippen LogP contribution >= 0.6 is 0 Å². The van der Waals surface area contributed by atoms with E-state index in [1.54, 1.807) is 24.8 Å². The second kappa shape index (κ2) is 7.68. The average molecular weight is 371 g/mol. The third kappa shape index (κ3) is 3.81. The van der Waals surface area contributed by atoms with Crippen molar-refractivity contribution in [2.45, 2.75) is 32.6 Å². The highest BCUT2D eigenvalue weighted by Gasteiger charge is 2.14. The normalized spacial score (nSPS) is 12.2. The largest absolute Gasteiger partial charge is 0.299 e. The maximum atomic E-state index is 12.5. The van der Waals surface area contributed by atoms with Crippen LogP contribution in [0.3, 0.4) is 0 Å². The second-order valence-electron chi connectivity index (χ2n) is 7.02. The van der Waals surface area contributed by atoms with Gasteiger partial charge in [0.25, 0.3) is 0 Å². The van der Waals surface area contributed by atoms with E-state index in [2.05, 4.69) is 20.1 Å². The van der Waals surface area contributed by atoms with E-state index in [1.165, 1.54) is 0 Å². The Labute approximate surface area is 163 Å². The summed E-state index contributed by atoms with van der Waals surface area (Å²) in [5, 5.41) is 5.43. The molecule has 0 amide bonds. The number of pyridine rings is 3. The quantitative estimate of drug-likeness (QED) is 0.515. The number of hydrogen-bond donors (Lipinski definition) is 0. The predicted octanol–water partition coefficient (Wildman–Crippen LogP) is 3.82. The lowest BCUT2D eigenvalue weighted by Gasteiger charge is -2.09. The van der Waals surface area contributed by atoms with Gasteiger partial charge in [0.2, 0.25) is 0 Å². The highest BCUT2D eigenvalue weighted by atomic mass is 16.1. The van der Waals surface area contributed by atoms with Crippen molar-refractivity contribution in [1.29, 1.82) is 0 Å². The van der Waals surface area contributed by atoms with E-state index < -0.39 is 0 Å². The van der Waals surface area contributed by atoms with Gasteiger partial charge in [-0.2, -0.15) is 5.10 Å². The molecule has 4 aromatic rings. The minimum absolute atomic E-state index is 0.0927. The Morgan fingerprint density at radius 1 is 1.07 bits per heavy atom. The number of ketones is 1. The van der Waals surface area contributed by atoms with Gasteiger partial charge in [-0.15, -0.1) is 0 Å². The monoisotopic (exact) mass is 371 g/mol. The fourth-order valence-corrected chi connectivity index (χ4v) is 3.32. The molecule has 0 aliphatic rings. The first-order valence-corrected chi connectivity index (χ1v) is 9.28. The highest BCUT2D eigenvalue weighted by molar-refractivity contribution is 5.84. The molecular formula is C22H21N5O. The Hall–Kier alpha value is -3.41. The first-order valence-electron chi connectivity index (χ1n) is 9.28. The van der Waals surface area contributed by atoms with Gasteiger partial charge < -0.3 is 0 Å². The number of aromatic nitrogens is 5. The summed E-state index contributed by atoms with van der Waals surface area (Å²) in [6, 6.07) is 11.6. The minimum Gasteiger partial charge on any atom is -0.299 e. The first kappa shape index (κ1) is 18.0. The van der Waals surface area contributed by atoms with Crippen LogP contribution in [0, 0.1) is 6.92 Å². The maximum Gasteiger partial charge on any atom is 0.139 e. The molecular weight excluding hydrogens is 350 g/mol. The Kier molecular flexibility index (Phi) is 4.93. The van der Waals surface area contributed by atoms with Crippen LogP contribution in [0.15, 0.2) is 61.2 Å². The minimum atomic E-state index is 0.0927. The number of rotatable bonds is 6. The molecule has 6 nitrogen and oxygen atoms in total. The van der Waals surface area contributed by atoms with Gasteiger partial charge in [-0.3, -0.25) is 19.7 Å². The van der Waals surface area contributed by atoms with Crippen molar-refractivity contribution in [3.8, 4) is 5.69 Å². The maximum absolute atomic E-state index is 12.5. The van der Waals surface area contributed by atoms with Crippen molar-refractivity contribution in [3.63, 3.8) is 0 Å². The highest BCUT2D eigenvalue weighted by Crippen LogP contribution is 2.21. The molecule has 0 bridgehead atoms. The summed E-state index contributed by atoms with van der Waals surface area (Å²) in [4.78, 5) is 25.6. The third-order valence-corrected chi connectivity index (χ3v) is 4.74. The topological polar surface area (TPSA) is 73.6 Å². The van der Waals surface area contributed by atoms with Gasteiger partial charge in [0.15, 0.2) is 0 Å². The van der Waals surface area contributed by atoms with E-state index in [-0.39, 0.29) is 11.7 Å². The molecule has 0 aliphatic heterocycles. The molecule has 0 aromatic carbocycles. The van der Waals surface area contributed by atoms with Crippen molar-refractivity contribution >= 4 is 16.7 Å². The molecule has 6 heteroatoms. The number of fused-ring (bicyclic) bond motifs is 1. The summed E-state index contributed by atoms with van der Waals surface area (Å²) in [7, 11) is 0. The summed E-state index contributed by atoms with van der Waals surface area (Å²) in [5.41, 5.74) is 4.48. The van der Waals surface area contributed by atoms with Crippen LogP contribution in [-0.2, 0) is 11.2 Å². The van der Waals surface area contributed by atoms with Crippen LogP contribution in [0.4, 0.5) is 0 Å². The molecule has 140 valence electrons. The molecule has 28 heavy (non-hydrogen) atoms. The molecule has 0 aliphatic carbocycles. The zero-order chi connectivity index (χ0) is 19.5. The second-order valence-corrected chi connectivity index (χ2v) is 7.02. The summed E-state index contributed by atoms with van der Waals surface area (Å²) in [6.07, 6.45) is 7.87. The smallest absolute Gasteiger partial charge is 0.139 e. The first-order chi connectivity index (χ1) is 13.6. The number of carbonyl (C=O) groups is 1. The van der Waals surface area contributed by atoms with Crippen molar-refractivity contribution < 1.29 is 4.79 Å². The van der Waals surface area contributed by atoms with Gasteiger partial charge in [-0.1, -0.05) is 13.0 Å². The van der Waals surface area contributed by atoms with Crippen LogP contribution in [0.5, 0.6) is 0 Å². The summed E-state index contributed by atoms with van der Waals surface area (Å²) >= 11 is 0. The fraction of sp³-hybridized carbons (Fsp3) is 0.227. The average Bonchev–Trinajstić information content (AvgIpc) is 3.12. The van der Waals surface area contributed by atoms with Gasteiger partial charge in [0, 0.05) is 53.6 Å². The lowest BCUT2D eigenvalue weighted by Crippen LogP contribution is -2.09. The standard InChI is InChI=1S/C22H21N5O/c1-15(21-5-3-4-7-24-21)9-20(28)12-18-11-17-13-26-27(22(17)14-25-18)19-6-8-23-16(2)10-19/h3-8,10-11,13-15H,9,12H2,1-2H3/t15-/m1/s1. The fourth-order valence-electron chi connectivity index (χ4n) is 3.32. The molecule has 0 radical (unpaired) electrons. The Balaban J connectivity index is 1.50. The zero-order valence-corrected chi connectivity index (χ0v) is 15.9. The van der Waals surface area contributed by atoms with E-state index in [0.29, 0.717) is 12.8 Å². The number of carbonyl (C=O) groups excluding carboxylic acids is 1. The molecule has 4 rings (SSSR count). The van der Waals surface area contributed by atoms with Crippen LogP contribution in [0.25, 0.3) is 16.6 Å². The summed E-state index contributed by atoms with van der Waals surface area (Å²) in [5.74, 6) is 0.247. The Morgan fingerprint density at radius 2 is 1.96 bits per heavy atom. The number of nitrogens with zero attached hydrogens (tertiary/aromatic N) is 5. The lowest BCUT2D eigenvalue weighted by molar-refractivity contribution is -0.118. The molecule has 0 spiro atoms. The molecule has 0 unspecified atom stereocenters. The molecule has 0 N–H and O–H groups in total. The molecule has 4 aromatic heterocycles. The molecule has 0 saturated heterocycles. The van der Waals surface area contributed by atoms with Crippen molar-refractivity contribution in [2.75, 3.05) is 0 Å². The molecule has 4 heterocycles. The van der Waals surface area contributed by atoms with E-state index in [4.69, 9.17) is 0 Å². The van der Waals surface area contributed by atoms with Crippen molar-refractivity contribution in [2.24, 2.45) is 0 Å². The van der Waals surface area contributed by atoms with Crippen LogP contribution in [0.1, 0.15) is 36.3 Å². The molecule has 0 fully saturated rings. The molecule has 0 saturated carbocycles. The van der Waals surface area contributed by atoms with E-state index in [9.17, 15) is 4.79 Å². The number of aryl methyl sites for hydroxylation is 1. The van der Waals surface area contributed by atoms with Crippen LogP contribution < -0.4 is 0 Å². The third-order valence-electron chi connectivity index (χ3n) is 4.74. The Bertz CT molecular complexity index is 1120. The van der Waals surface area contributed by atoms with E-state index >= 15 is 0 Å². The molecule has 1 atom stereocenters. The van der Waals surface area contributed by atoms with Crippen molar-refractivity contribution in [3.05, 3.63) is 78.3 Å². The van der Waals surface area contributed by atoms with Crippen molar-refractivity contribution in [1.82, 2.24) is 24.7 Å². The zero-order valence-electron chi connectivity index (χ0n) is 15.9. The number of hydrogen-bond acceptors (Lipinski definition) is 5. The van der Waals surface area contributed by atoms with Gasteiger partial charge in [0.1, 0.15) is 5.78 Å². The number of Topliss-reactive ketones (excluding diaryl/α,β-unsaturated/α-hetero) is 1. The predicted molar refractivity (Wildman–Crippen MR) is 107 cm³/mol. The van der Waals surface area contributed by atoms with Gasteiger partial charge in [-0.05, 0) is 37.3 Å².